The number of aliphatic hydroxyl groups excluding tert-OH is 1. The van der Waals surface area contributed by atoms with Crippen LogP contribution >= 0.6 is 0 Å². The first-order valence-corrected chi connectivity index (χ1v) is 13.0. The Morgan fingerprint density at radius 1 is 1.30 bits per heavy atom. The van der Waals surface area contributed by atoms with Crippen molar-refractivity contribution in [3.05, 3.63) is 56.0 Å². The van der Waals surface area contributed by atoms with Crippen molar-refractivity contribution in [2.24, 2.45) is 0 Å². The number of carboxylic acid groups (broad SMARTS) is 1. The minimum Gasteiger partial charge on any atom is -0.492 e. The number of carboxylic acids is 1. The van der Waals surface area contributed by atoms with Crippen molar-refractivity contribution in [2.45, 2.75) is 51.4 Å². The number of imidazole rings is 1. The highest BCUT2D eigenvalue weighted by Crippen LogP contribution is 2.44. The fraction of sp³-hybridized carbons (Fsp3) is 0.500. The van der Waals surface area contributed by atoms with Crippen LogP contribution in [0.2, 0.25) is 0 Å². The molecule has 13 nitrogen and oxygen atoms in total. The van der Waals surface area contributed by atoms with Gasteiger partial charge in [0.2, 0.25) is 11.3 Å². The van der Waals surface area contributed by atoms with Crippen LogP contribution in [-0.4, -0.2) is 85.6 Å². The number of ether oxygens (including phenoxy) is 1. The lowest BCUT2D eigenvalue weighted by molar-refractivity contribution is -0.389. The number of pyridine rings is 1. The summed E-state index contributed by atoms with van der Waals surface area (Å²) in [4.78, 5) is 42.9. The predicted molar refractivity (Wildman–Crippen MR) is 143 cm³/mol. The first-order chi connectivity index (χ1) is 19.0. The van der Waals surface area contributed by atoms with Gasteiger partial charge in [0.05, 0.1) is 30.7 Å². The van der Waals surface area contributed by atoms with Crippen LogP contribution in [0.5, 0.6) is 5.75 Å². The molecular formula is C26H31FN6O7. The van der Waals surface area contributed by atoms with E-state index in [0.29, 0.717) is 37.5 Å². The van der Waals surface area contributed by atoms with E-state index in [1.165, 1.54) is 19.5 Å². The maximum Gasteiger partial charge on any atom is 0.381 e. The van der Waals surface area contributed by atoms with Crippen LogP contribution < -0.4 is 15.1 Å². The number of aryl methyl sites for hydroxylation is 1. The Morgan fingerprint density at radius 3 is 2.60 bits per heavy atom. The molecule has 0 amide bonds. The van der Waals surface area contributed by atoms with Crippen molar-refractivity contribution < 1.29 is 29.1 Å². The number of methoxy groups -OCH3 is 1. The van der Waals surface area contributed by atoms with Crippen molar-refractivity contribution in [3.8, 4) is 5.75 Å². The Balaban J connectivity index is 1.39. The summed E-state index contributed by atoms with van der Waals surface area (Å²) < 4.78 is 24.6. The van der Waals surface area contributed by atoms with E-state index < -0.39 is 33.8 Å². The minimum absolute atomic E-state index is 0.00578. The molecule has 1 aliphatic carbocycles. The standard InChI is InChI=1S/C26H31FN6O7/c1-14-9-30(7-6-29(14)10-17(34)11-31-13-21(33(38)39)28-15(31)2)23-20(27)8-18-22(25(23)40-3)32(16-4-5-16)12-19(24(18)35)26(36)37/h8,12-14,16-17,34H,4-7,9-11H2,1-3H3,(H,36,37). The van der Waals surface area contributed by atoms with Crippen molar-refractivity contribution in [3.63, 3.8) is 0 Å². The van der Waals surface area contributed by atoms with Crippen LogP contribution in [-0.2, 0) is 6.54 Å². The highest BCUT2D eigenvalue weighted by Gasteiger charge is 2.33. The average Bonchev–Trinajstić information content (AvgIpc) is 3.67. The second-order valence-electron chi connectivity index (χ2n) is 10.5. The molecule has 2 aliphatic rings. The minimum atomic E-state index is -1.36. The van der Waals surface area contributed by atoms with Crippen molar-refractivity contribution in [1.29, 1.82) is 0 Å². The van der Waals surface area contributed by atoms with E-state index in [1.807, 2.05) is 11.8 Å². The summed E-state index contributed by atoms with van der Waals surface area (Å²) in [5.74, 6) is -1.69. The number of rotatable bonds is 9. The lowest BCUT2D eigenvalue weighted by Gasteiger charge is -2.42. The van der Waals surface area contributed by atoms with Crippen LogP contribution in [0, 0.1) is 22.9 Å². The number of hydrogen-bond acceptors (Lipinski definition) is 9. The maximum absolute atomic E-state index is 15.7. The molecule has 2 aromatic heterocycles. The molecule has 0 bridgehead atoms. The van der Waals surface area contributed by atoms with E-state index >= 15 is 4.39 Å². The summed E-state index contributed by atoms with van der Waals surface area (Å²) in [6.45, 7) is 5.35. The van der Waals surface area contributed by atoms with Gasteiger partial charge in [-0.1, -0.05) is 0 Å². The second-order valence-corrected chi connectivity index (χ2v) is 10.5. The van der Waals surface area contributed by atoms with Gasteiger partial charge in [0.25, 0.3) is 0 Å². The van der Waals surface area contributed by atoms with Crippen LogP contribution in [0.3, 0.4) is 0 Å². The molecule has 3 aromatic rings. The monoisotopic (exact) mass is 558 g/mol. The molecule has 14 heteroatoms. The molecule has 2 fully saturated rings. The third kappa shape index (κ3) is 4.99. The van der Waals surface area contributed by atoms with Gasteiger partial charge in [-0.25, -0.2) is 9.18 Å². The molecule has 1 aliphatic heterocycles. The Labute approximate surface area is 228 Å². The number of fused-ring (bicyclic) bond motifs is 1. The summed E-state index contributed by atoms with van der Waals surface area (Å²) in [5.41, 5.74) is -0.573. The van der Waals surface area contributed by atoms with E-state index in [9.17, 15) is 29.9 Å². The fourth-order valence-corrected chi connectivity index (χ4v) is 5.51. The van der Waals surface area contributed by atoms with Gasteiger partial charge >= 0.3 is 11.8 Å². The number of benzene rings is 1. The third-order valence-corrected chi connectivity index (χ3v) is 7.66. The molecule has 2 unspecified atom stereocenters. The highest BCUT2D eigenvalue weighted by molar-refractivity contribution is 5.97. The van der Waals surface area contributed by atoms with Gasteiger partial charge in [0.15, 0.2) is 11.6 Å². The molecule has 1 aromatic carbocycles. The first-order valence-electron chi connectivity index (χ1n) is 13.0. The number of hydrogen-bond donors (Lipinski definition) is 2. The summed E-state index contributed by atoms with van der Waals surface area (Å²) in [6.07, 6.45) is 3.45. The molecule has 0 spiro atoms. The van der Waals surface area contributed by atoms with Crippen molar-refractivity contribution in [2.75, 3.05) is 38.2 Å². The number of anilines is 1. The molecule has 2 atom stereocenters. The molecule has 0 radical (unpaired) electrons. The van der Waals surface area contributed by atoms with Crippen molar-refractivity contribution >= 4 is 28.4 Å². The Kier molecular flexibility index (Phi) is 7.23. The summed E-state index contributed by atoms with van der Waals surface area (Å²) in [6, 6.07) is 1.02. The van der Waals surface area contributed by atoms with Gasteiger partial charge < -0.3 is 39.1 Å². The zero-order valence-electron chi connectivity index (χ0n) is 22.4. The van der Waals surface area contributed by atoms with Crippen LogP contribution in [0.15, 0.2) is 23.3 Å². The molecule has 40 heavy (non-hydrogen) atoms. The zero-order valence-corrected chi connectivity index (χ0v) is 22.4. The molecule has 1 saturated heterocycles. The van der Waals surface area contributed by atoms with Crippen LogP contribution in [0.4, 0.5) is 15.9 Å². The molecule has 214 valence electrons. The van der Waals surface area contributed by atoms with Gasteiger partial charge in [-0.15, -0.1) is 0 Å². The average molecular weight is 559 g/mol. The number of aromatic carboxylic acids is 1. The van der Waals surface area contributed by atoms with E-state index in [-0.39, 0.29) is 41.3 Å². The first kappa shape index (κ1) is 27.5. The van der Waals surface area contributed by atoms with Gasteiger partial charge in [-0.3, -0.25) is 9.69 Å². The number of piperazine rings is 1. The quantitative estimate of drug-likeness (QED) is 0.295. The SMILES string of the molecule is COc1c(N2CCN(CC(O)Cn3cc([N+](=O)[O-])nc3C)C(C)C2)c(F)cc2c(=O)c(C(=O)O)cn(C3CC3)c12. The second kappa shape index (κ2) is 10.5. The number of β-amino-alcohol motifs (C(OH)–C–C–N with tert-alkyl or cyclic N) is 1. The highest BCUT2D eigenvalue weighted by atomic mass is 19.1. The summed E-state index contributed by atoms with van der Waals surface area (Å²) in [7, 11) is 1.41. The van der Waals surface area contributed by atoms with Crippen molar-refractivity contribution in [1.82, 2.24) is 19.0 Å². The third-order valence-electron chi connectivity index (χ3n) is 7.66. The molecule has 2 N–H and O–H groups in total. The molecule has 5 rings (SSSR count). The van der Waals surface area contributed by atoms with E-state index in [2.05, 4.69) is 9.88 Å². The molecular weight excluding hydrogens is 527 g/mol. The van der Waals surface area contributed by atoms with E-state index in [0.717, 1.165) is 18.9 Å². The number of aliphatic hydroxyl groups is 1. The molecule has 3 heterocycles. The van der Waals surface area contributed by atoms with Gasteiger partial charge in [0, 0.05) is 51.4 Å². The lowest BCUT2D eigenvalue weighted by atomic mass is 10.1. The number of carbonyl (C=O) groups is 1. The maximum atomic E-state index is 15.7. The van der Waals surface area contributed by atoms with Gasteiger partial charge in [-0.05, 0) is 35.7 Å². The summed E-state index contributed by atoms with van der Waals surface area (Å²) in [5, 5.41) is 31.2. The molecule has 1 saturated carbocycles. The Morgan fingerprint density at radius 2 is 2.02 bits per heavy atom. The Bertz CT molecular complexity index is 1550. The van der Waals surface area contributed by atoms with Gasteiger partial charge in [0.1, 0.15) is 17.4 Å². The topological polar surface area (TPSA) is 156 Å². The predicted octanol–water partition coefficient (Wildman–Crippen LogP) is 2.17. The largest absolute Gasteiger partial charge is 0.492 e. The zero-order chi connectivity index (χ0) is 28.9. The number of aromatic nitrogens is 3. The van der Waals surface area contributed by atoms with Gasteiger partial charge in [-0.2, -0.15) is 0 Å². The smallest absolute Gasteiger partial charge is 0.381 e. The van der Waals surface area contributed by atoms with E-state index in [4.69, 9.17) is 4.74 Å². The lowest BCUT2D eigenvalue weighted by Crippen LogP contribution is -2.54. The van der Waals surface area contributed by atoms with Crippen LogP contribution in [0.1, 0.15) is 42.0 Å². The van der Waals surface area contributed by atoms with Crippen LogP contribution in [0.25, 0.3) is 10.9 Å². The Hall–Kier alpha value is -4.04. The number of halogens is 1. The summed E-state index contributed by atoms with van der Waals surface area (Å²) >= 11 is 0. The number of nitro groups is 1. The van der Waals surface area contributed by atoms with E-state index in [1.54, 1.807) is 16.1 Å². The normalized spacial score (nSPS) is 18.7. The number of nitrogens with zero attached hydrogens (tertiary/aromatic N) is 6. The fourth-order valence-electron chi connectivity index (χ4n) is 5.51.